The molecule has 2 rings (SSSR count). The van der Waals surface area contributed by atoms with E-state index >= 15 is 0 Å². The second kappa shape index (κ2) is 7.24. The molecule has 4 nitrogen and oxygen atoms in total. The molecular formula is C19H29NO3. The first-order chi connectivity index (χ1) is 10.8. The molecule has 0 atom stereocenters. The minimum absolute atomic E-state index is 0.0205. The van der Waals surface area contributed by atoms with E-state index in [0.29, 0.717) is 26.2 Å². The Morgan fingerprint density at radius 3 is 2.17 bits per heavy atom. The number of amides is 1. The van der Waals surface area contributed by atoms with E-state index in [4.69, 9.17) is 9.47 Å². The summed E-state index contributed by atoms with van der Waals surface area (Å²) in [6.45, 7) is 12.9. The summed E-state index contributed by atoms with van der Waals surface area (Å²) in [7, 11) is 0. The minimum atomic E-state index is 0.0205. The number of hydrogen-bond acceptors (Lipinski definition) is 3. The van der Waals surface area contributed by atoms with Crippen molar-refractivity contribution in [2.45, 2.75) is 54.0 Å². The lowest BCUT2D eigenvalue weighted by atomic mass is 9.90. The van der Waals surface area contributed by atoms with Crippen LogP contribution in [0.3, 0.4) is 0 Å². The van der Waals surface area contributed by atoms with Gasteiger partial charge in [-0.1, -0.05) is 20.8 Å². The highest BCUT2D eigenvalue weighted by molar-refractivity contribution is 5.77. The molecule has 1 aromatic carbocycles. The van der Waals surface area contributed by atoms with Gasteiger partial charge in [0.1, 0.15) is 0 Å². The summed E-state index contributed by atoms with van der Waals surface area (Å²) in [5.74, 6) is 1.82. The van der Waals surface area contributed by atoms with E-state index in [-0.39, 0.29) is 11.3 Å². The topological polar surface area (TPSA) is 38.8 Å². The number of rotatable bonds is 5. The van der Waals surface area contributed by atoms with E-state index in [0.717, 1.165) is 24.5 Å². The number of hydrogen-bond donors (Lipinski definition) is 0. The van der Waals surface area contributed by atoms with Crippen LogP contribution in [-0.4, -0.2) is 30.6 Å². The molecule has 0 radical (unpaired) electrons. The van der Waals surface area contributed by atoms with Crippen molar-refractivity contribution in [3.63, 3.8) is 0 Å². The summed E-state index contributed by atoms with van der Waals surface area (Å²) < 4.78 is 11.4. The normalized spacial score (nSPS) is 14.4. The predicted molar refractivity (Wildman–Crippen MR) is 92.0 cm³/mol. The number of benzene rings is 1. The molecular weight excluding hydrogens is 290 g/mol. The van der Waals surface area contributed by atoms with E-state index < -0.39 is 0 Å². The maximum absolute atomic E-state index is 12.5. The fraction of sp³-hybridized carbons (Fsp3) is 0.632. The van der Waals surface area contributed by atoms with Crippen LogP contribution in [-0.2, 0) is 17.8 Å². The third-order valence-electron chi connectivity index (χ3n) is 3.91. The first-order valence-electron chi connectivity index (χ1n) is 8.53. The molecule has 1 amide bonds. The zero-order valence-electron chi connectivity index (χ0n) is 15.1. The SMILES string of the molecule is CCOc1cc2c(cc1OCC)CN(C(=O)CC(C)(C)C)CC2. The average molecular weight is 319 g/mol. The molecule has 0 spiro atoms. The van der Waals surface area contributed by atoms with Crippen molar-refractivity contribution >= 4 is 5.91 Å². The van der Waals surface area contributed by atoms with Gasteiger partial charge in [0.2, 0.25) is 5.91 Å². The molecule has 0 fully saturated rings. The summed E-state index contributed by atoms with van der Waals surface area (Å²) in [5.41, 5.74) is 2.45. The minimum Gasteiger partial charge on any atom is -0.490 e. The number of nitrogens with zero attached hydrogens (tertiary/aromatic N) is 1. The van der Waals surface area contributed by atoms with Crippen molar-refractivity contribution in [3.8, 4) is 11.5 Å². The Morgan fingerprint density at radius 1 is 1.09 bits per heavy atom. The molecule has 0 aliphatic carbocycles. The first kappa shape index (κ1) is 17.6. The lowest BCUT2D eigenvalue weighted by Crippen LogP contribution is -2.37. The highest BCUT2D eigenvalue weighted by atomic mass is 16.5. The Labute approximate surface area is 139 Å². The maximum atomic E-state index is 12.5. The quantitative estimate of drug-likeness (QED) is 0.828. The lowest BCUT2D eigenvalue weighted by Gasteiger charge is -2.32. The van der Waals surface area contributed by atoms with Crippen molar-refractivity contribution in [1.82, 2.24) is 4.90 Å². The van der Waals surface area contributed by atoms with Crippen LogP contribution >= 0.6 is 0 Å². The van der Waals surface area contributed by atoms with Crippen LogP contribution < -0.4 is 9.47 Å². The lowest BCUT2D eigenvalue weighted by molar-refractivity contribution is -0.134. The van der Waals surface area contributed by atoms with Gasteiger partial charge < -0.3 is 14.4 Å². The molecule has 1 aliphatic heterocycles. The molecule has 23 heavy (non-hydrogen) atoms. The Balaban J connectivity index is 2.19. The van der Waals surface area contributed by atoms with Crippen LogP contribution in [0.5, 0.6) is 11.5 Å². The van der Waals surface area contributed by atoms with E-state index in [9.17, 15) is 4.79 Å². The molecule has 1 aromatic rings. The van der Waals surface area contributed by atoms with Crippen molar-refractivity contribution in [3.05, 3.63) is 23.3 Å². The maximum Gasteiger partial charge on any atom is 0.223 e. The Bertz CT molecular complexity index is 560. The highest BCUT2D eigenvalue weighted by Crippen LogP contribution is 2.34. The van der Waals surface area contributed by atoms with Crippen LogP contribution in [0.15, 0.2) is 12.1 Å². The van der Waals surface area contributed by atoms with Crippen LogP contribution in [0, 0.1) is 5.41 Å². The summed E-state index contributed by atoms with van der Waals surface area (Å²) in [6, 6.07) is 4.12. The fourth-order valence-electron chi connectivity index (χ4n) is 2.88. The fourth-order valence-corrected chi connectivity index (χ4v) is 2.88. The third-order valence-corrected chi connectivity index (χ3v) is 3.91. The highest BCUT2D eigenvalue weighted by Gasteiger charge is 2.25. The number of carbonyl (C=O) groups excluding carboxylic acids is 1. The van der Waals surface area contributed by atoms with Gasteiger partial charge in [-0.25, -0.2) is 0 Å². The van der Waals surface area contributed by atoms with Crippen LogP contribution in [0.1, 0.15) is 52.2 Å². The van der Waals surface area contributed by atoms with Gasteiger partial charge in [0.25, 0.3) is 0 Å². The van der Waals surface area contributed by atoms with Gasteiger partial charge in [-0.2, -0.15) is 0 Å². The smallest absolute Gasteiger partial charge is 0.223 e. The van der Waals surface area contributed by atoms with Gasteiger partial charge in [0, 0.05) is 19.5 Å². The van der Waals surface area contributed by atoms with Gasteiger partial charge in [0.05, 0.1) is 13.2 Å². The second-order valence-electron chi connectivity index (χ2n) is 7.24. The molecule has 0 saturated heterocycles. The first-order valence-corrected chi connectivity index (χ1v) is 8.53. The Morgan fingerprint density at radius 2 is 1.65 bits per heavy atom. The molecule has 1 heterocycles. The molecule has 0 aromatic heterocycles. The van der Waals surface area contributed by atoms with Crippen LogP contribution in [0.4, 0.5) is 0 Å². The largest absolute Gasteiger partial charge is 0.490 e. The van der Waals surface area contributed by atoms with E-state index in [2.05, 4.69) is 26.8 Å². The molecule has 4 heteroatoms. The predicted octanol–water partition coefficient (Wildman–Crippen LogP) is 3.80. The Hall–Kier alpha value is -1.71. The molecule has 0 bridgehead atoms. The van der Waals surface area contributed by atoms with Gasteiger partial charge in [-0.15, -0.1) is 0 Å². The van der Waals surface area contributed by atoms with Crippen molar-refractivity contribution in [2.75, 3.05) is 19.8 Å². The zero-order chi connectivity index (χ0) is 17.0. The number of carbonyl (C=O) groups is 1. The summed E-state index contributed by atoms with van der Waals surface area (Å²) in [4.78, 5) is 14.4. The molecule has 0 saturated carbocycles. The Kier molecular flexibility index (Phi) is 5.55. The molecule has 128 valence electrons. The van der Waals surface area contributed by atoms with Crippen molar-refractivity contribution in [1.29, 1.82) is 0 Å². The van der Waals surface area contributed by atoms with E-state index in [1.807, 2.05) is 24.8 Å². The third kappa shape index (κ3) is 4.63. The van der Waals surface area contributed by atoms with Gasteiger partial charge in [0.15, 0.2) is 11.5 Å². The monoisotopic (exact) mass is 319 g/mol. The van der Waals surface area contributed by atoms with Gasteiger partial charge in [-0.3, -0.25) is 4.79 Å². The van der Waals surface area contributed by atoms with Crippen molar-refractivity contribution in [2.24, 2.45) is 5.41 Å². The molecule has 0 unspecified atom stereocenters. The number of fused-ring (bicyclic) bond motifs is 1. The average Bonchev–Trinajstić information content (AvgIpc) is 2.46. The summed E-state index contributed by atoms with van der Waals surface area (Å²) >= 11 is 0. The summed E-state index contributed by atoms with van der Waals surface area (Å²) in [6.07, 6.45) is 1.45. The van der Waals surface area contributed by atoms with Gasteiger partial charge >= 0.3 is 0 Å². The molecule has 0 N–H and O–H groups in total. The van der Waals surface area contributed by atoms with Crippen molar-refractivity contribution < 1.29 is 14.3 Å². The second-order valence-corrected chi connectivity index (χ2v) is 7.24. The molecule has 1 aliphatic rings. The zero-order valence-corrected chi connectivity index (χ0v) is 15.1. The van der Waals surface area contributed by atoms with E-state index in [1.54, 1.807) is 0 Å². The standard InChI is InChI=1S/C19H29NO3/c1-6-22-16-10-14-8-9-20(18(21)12-19(3,4)5)13-15(14)11-17(16)23-7-2/h10-11H,6-9,12-13H2,1-5H3. The van der Waals surface area contributed by atoms with E-state index in [1.165, 1.54) is 11.1 Å². The number of ether oxygens (including phenoxy) is 2. The van der Waals surface area contributed by atoms with Crippen LogP contribution in [0.25, 0.3) is 0 Å². The van der Waals surface area contributed by atoms with Crippen LogP contribution in [0.2, 0.25) is 0 Å². The van der Waals surface area contributed by atoms with Gasteiger partial charge in [-0.05, 0) is 48.9 Å². The summed E-state index contributed by atoms with van der Waals surface area (Å²) in [5, 5.41) is 0.